The van der Waals surface area contributed by atoms with Gasteiger partial charge in [0.2, 0.25) is 0 Å². The second-order valence-electron chi connectivity index (χ2n) is 17.1. The zero-order chi connectivity index (χ0) is 21.9. The van der Waals surface area contributed by atoms with Gasteiger partial charge in [-0.25, -0.2) is 0 Å². The van der Waals surface area contributed by atoms with E-state index in [4.69, 9.17) is 0 Å². The molecule has 12 rings (SSSR count). The molecular formula is C28H42F2FeP2. The first kappa shape index (κ1) is 18.5. The number of halogens is 2. The SMILES string of the molecule is CC(C(P)C(F)CCF)[C]12[CH]3[CH]4[CH]5[C]1(P(C1CCCCC1)C1CCCCC1)[Fe]43521678[CH]2[CH]1[CH]6[CH]7[CH]28. The average Bonchev–Trinajstić information content (AvgIpc) is 3.79. The summed E-state index contributed by atoms with van der Waals surface area (Å²) < 4.78 is 30.2. The molecule has 0 N–H and O–H groups in total. The van der Waals surface area contributed by atoms with Crippen LogP contribution in [0, 0.1) is 5.92 Å². The zero-order valence-corrected chi connectivity index (χ0v) is 23.3. The molecule has 2 saturated carbocycles. The van der Waals surface area contributed by atoms with Crippen molar-refractivity contribution in [2.75, 3.05) is 6.67 Å². The molecule has 0 aromatic carbocycles. The molecule has 10 saturated heterocycles. The van der Waals surface area contributed by atoms with Crippen molar-refractivity contribution < 1.29 is 15.3 Å². The molecule has 0 nitrogen and oxygen atoms in total. The molecule has 0 bridgehead atoms. The zero-order valence-electron chi connectivity index (χ0n) is 20.1. The number of hydrogen-bond donors (Lipinski definition) is 0. The van der Waals surface area contributed by atoms with Crippen LogP contribution in [0.4, 0.5) is 8.78 Å². The summed E-state index contributed by atoms with van der Waals surface area (Å²) in [5.74, 6) is 0.560. The van der Waals surface area contributed by atoms with Crippen molar-refractivity contribution >= 4 is 17.2 Å². The van der Waals surface area contributed by atoms with E-state index in [0.29, 0.717) is 5.92 Å². The Balaban J connectivity index is 1.11. The van der Waals surface area contributed by atoms with E-state index in [-0.39, 0.29) is 20.0 Å². The molecule has 0 radical (unpaired) electrons. The fraction of sp³-hybridized carbons (Fsp3) is 1.00. The van der Waals surface area contributed by atoms with E-state index < -0.39 is 19.4 Å². The van der Waals surface area contributed by atoms with Crippen LogP contribution in [0.15, 0.2) is 0 Å². The normalized spacial score (nSPS) is 79.4. The summed E-state index contributed by atoms with van der Waals surface area (Å²) in [5.41, 5.74) is 2.22. The van der Waals surface area contributed by atoms with Crippen LogP contribution < -0.4 is 0 Å². The van der Waals surface area contributed by atoms with Crippen molar-refractivity contribution in [2.24, 2.45) is 5.92 Å². The third-order valence-electron chi connectivity index (χ3n) is 21.3. The van der Waals surface area contributed by atoms with Crippen molar-refractivity contribution in [1.29, 1.82) is 0 Å². The molecule has 5 heteroatoms. The van der Waals surface area contributed by atoms with Gasteiger partial charge in [0.25, 0.3) is 0 Å². The van der Waals surface area contributed by atoms with Gasteiger partial charge in [0.05, 0.1) is 0 Å². The number of hydrogen-bond acceptors (Lipinski definition) is 0. The summed E-state index contributed by atoms with van der Waals surface area (Å²) in [5, 5.41) is 0. The molecular weight excluding hydrogens is 492 g/mol. The van der Waals surface area contributed by atoms with E-state index in [9.17, 15) is 4.39 Å². The predicted octanol–water partition coefficient (Wildman–Crippen LogP) is 9.38. The van der Waals surface area contributed by atoms with E-state index in [1.807, 2.05) is 0 Å². The molecule has 33 heavy (non-hydrogen) atoms. The Labute approximate surface area is 192 Å². The van der Waals surface area contributed by atoms with Crippen LogP contribution in [0.2, 0.25) is 42.8 Å². The van der Waals surface area contributed by atoms with Crippen LogP contribution in [0.5, 0.6) is 0 Å². The fourth-order valence-corrected chi connectivity index (χ4v) is 119. The van der Waals surface area contributed by atoms with Gasteiger partial charge in [0, 0.05) is 0 Å². The van der Waals surface area contributed by atoms with Gasteiger partial charge < -0.3 is 0 Å². The quantitative estimate of drug-likeness (QED) is 0.215. The van der Waals surface area contributed by atoms with Crippen LogP contribution in [0.25, 0.3) is 0 Å². The van der Waals surface area contributed by atoms with E-state index in [1.54, 1.807) is 25.7 Å². The van der Waals surface area contributed by atoms with Gasteiger partial charge in [-0.2, -0.15) is 0 Å². The number of fused-ring (bicyclic) bond motifs is 10. The Morgan fingerprint density at radius 2 is 1.36 bits per heavy atom. The Hall–Kier alpha value is 1.24. The summed E-state index contributed by atoms with van der Waals surface area (Å²) >= 11 is 0. The molecule has 12 aliphatic rings. The first-order valence-corrected chi connectivity index (χ1v) is 23.1. The average molecular weight is 534 g/mol. The van der Waals surface area contributed by atoms with Crippen LogP contribution in [0.1, 0.15) is 77.6 Å². The third-order valence-corrected chi connectivity index (χ3v) is 73.7. The second-order valence-corrected chi connectivity index (χ2v) is 44.5. The van der Waals surface area contributed by atoms with Crippen LogP contribution in [0.3, 0.4) is 0 Å². The van der Waals surface area contributed by atoms with Crippen molar-refractivity contribution in [3.8, 4) is 0 Å². The van der Waals surface area contributed by atoms with Gasteiger partial charge in [-0.05, 0) is 0 Å². The summed E-state index contributed by atoms with van der Waals surface area (Å²) in [7, 11) is 3.16. The van der Waals surface area contributed by atoms with Gasteiger partial charge in [0.15, 0.2) is 0 Å². The maximum atomic E-state index is 15.4. The molecule has 0 aromatic heterocycles. The summed E-state index contributed by atoms with van der Waals surface area (Å²) in [6, 6.07) is 0. The Kier molecular flexibility index (Phi) is 1.54. The molecule has 2 aliphatic carbocycles. The maximum absolute atomic E-state index is 15.4. The summed E-state index contributed by atoms with van der Waals surface area (Å²) in [6.07, 6.45) is 14.5. The van der Waals surface area contributed by atoms with E-state index in [0.717, 1.165) is 19.7 Å². The van der Waals surface area contributed by atoms with Gasteiger partial charge in [0.1, 0.15) is 0 Å². The topological polar surface area (TPSA) is 0 Å². The monoisotopic (exact) mass is 534 g/mol. The molecule has 12 fully saturated rings. The van der Waals surface area contributed by atoms with Gasteiger partial charge >= 0.3 is 193 Å². The summed E-state index contributed by atoms with van der Waals surface area (Å²) in [6.45, 7) is -1.55. The van der Waals surface area contributed by atoms with Crippen molar-refractivity contribution in [3.63, 3.8) is 0 Å². The van der Waals surface area contributed by atoms with E-state index in [2.05, 4.69) is 16.2 Å². The van der Waals surface area contributed by atoms with Gasteiger partial charge in [-0.3, -0.25) is 0 Å². The van der Waals surface area contributed by atoms with Crippen molar-refractivity contribution in [2.45, 2.75) is 148 Å². The van der Waals surface area contributed by atoms with Gasteiger partial charge in [-0.1, -0.05) is 0 Å². The third kappa shape index (κ3) is 0.428. The minimum absolute atomic E-state index is 0.0342. The molecule has 9 atom stereocenters. The standard InChI is InChI=1S/C23H37F2P2.C5H5.Fe/c1-17(23(26)21(25)15-16-24)20-13-8-14-22(20)27(18-9-4-2-5-10-18)19-11-6-3-7-12-19;1-2-4-5-3-1;/h8,13-14,17-19,21,23H,2-7,9-12,15-16,26H2,1H3;1-5H;. The van der Waals surface area contributed by atoms with E-state index in [1.165, 1.54) is 77.1 Å². The van der Waals surface area contributed by atoms with Crippen LogP contribution in [-0.2, 0) is 6.51 Å². The van der Waals surface area contributed by atoms with E-state index >= 15 is 4.39 Å². The molecule has 1 spiro atoms. The molecule has 0 aromatic rings. The molecule has 10 heterocycles. The second kappa shape index (κ2) is 2.74. The first-order chi connectivity index (χ1) is 15.8. The molecule has 0 amide bonds. The minimum atomic E-state index is -3.63. The fourth-order valence-electron chi connectivity index (χ4n) is 23.1. The summed E-state index contributed by atoms with van der Waals surface area (Å²) in [4.78, 5) is 10.4. The predicted molar refractivity (Wildman–Crippen MR) is 134 cm³/mol. The van der Waals surface area contributed by atoms with Gasteiger partial charge in [-0.15, -0.1) is 0 Å². The van der Waals surface area contributed by atoms with Crippen LogP contribution >= 0.6 is 17.2 Å². The van der Waals surface area contributed by atoms with Crippen molar-refractivity contribution in [3.05, 3.63) is 0 Å². The molecule has 9 unspecified atom stereocenters. The van der Waals surface area contributed by atoms with Crippen molar-refractivity contribution in [1.82, 2.24) is 0 Å². The Morgan fingerprint density at radius 1 is 0.848 bits per heavy atom. The first-order valence-electron chi connectivity index (χ1n) is 14.8. The van der Waals surface area contributed by atoms with Crippen LogP contribution in [-0.4, -0.2) is 33.9 Å². The Bertz CT molecular complexity index is 1340. The molecule has 186 valence electrons. The Morgan fingerprint density at radius 3 is 1.79 bits per heavy atom. The molecule has 10 aliphatic heterocycles. The number of rotatable bonds is 8. The number of alkyl halides is 2.